The standard InChI is InChI=1S/C11H19NO5S/c13-8-6-10(11(14)15)12(7-8)18(16,17)9-4-2-1-3-5-9/h8-10,13H,1-7H2,(H,14,15)/t8-,10-/m0/s1. The Bertz CT molecular complexity index is 415. The smallest absolute Gasteiger partial charge is 0.322 e. The molecule has 0 unspecified atom stereocenters. The van der Waals surface area contributed by atoms with Crippen LogP contribution in [0.15, 0.2) is 0 Å². The van der Waals surface area contributed by atoms with Gasteiger partial charge in [-0.3, -0.25) is 4.79 Å². The van der Waals surface area contributed by atoms with Crippen LogP contribution >= 0.6 is 0 Å². The predicted molar refractivity (Wildman–Crippen MR) is 64.5 cm³/mol. The Labute approximate surface area is 107 Å². The molecule has 2 rings (SSSR count). The summed E-state index contributed by atoms with van der Waals surface area (Å²) in [5, 5.41) is 18.1. The van der Waals surface area contributed by atoms with Gasteiger partial charge in [0.15, 0.2) is 0 Å². The van der Waals surface area contributed by atoms with Crippen molar-refractivity contribution in [1.29, 1.82) is 0 Å². The second-order valence-electron chi connectivity index (χ2n) is 5.12. The van der Waals surface area contributed by atoms with E-state index in [9.17, 15) is 18.3 Å². The highest BCUT2D eigenvalue weighted by Crippen LogP contribution is 2.30. The van der Waals surface area contributed by atoms with Crippen LogP contribution in [-0.2, 0) is 14.8 Å². The van der Waals surface area contributed by atoms with E-state index < -0.39 is 33.4 Å². The van der Waals surface area contributed by atoms with Gasteiger partial charge in [0.05, 0.1) is 11.4 Å². The summed E-state index contributed by atoms with van der Waals surface area (Å²) in [5.74, 6) is -1.18. The van der Waals surface area contributed by atoms with Gasteiger partial charge in [0.25, 0.3) is 0 Å². The van der Waals surface area contributed by atoms with Gasteiger partial charge < -0.3 is 10.2 Å². The lowest BCUT2D eigenvalue weighted by molar-refractivity contribution is -0.140. The molecule has 0 aromatic heterocycles. The van der Waals surface area contributed by atoms with Crippen molar-refractivity contribution in [1.82, 2.24) is 4.31 Å². The van der Waals surface area contributed by atoms with Crippen molar-refractivity contribution in [2.75, 3.05) is 6.54 Å². The molecule has 6 nitrogen and oxygen atoms in total. The zero-order valence-corrected chi connectivity index (χ0v) is 11.0. The van der Waals surface area contributed by atoms with Crippen LogP contribution in [-0.4, -0.2) is 52.8 Å². The van der Waals surface area contributed by atoms with Gasteiger partial charge in [0.2, 0.25) is 10.0 Å². The fraction of sp³-hybridized carbons (Fsp3) is 0.909. The third-order valence-electron chi connectivity index (χ3n) is 3.82. The first-order valence-corrected chi connectivity index (χ1v) is 7.85. The van der Waals surface area contributed by atoms with Crippen LogP contribution in [0.2, 0.25) is 0 Å². The van der Waals surface area contributed by atoms with Crippen LogP contribution in [0.5, 0.6) is 0 Å². The van der Waals surface area contributed by atoms with Gasteiger partial charge >= 0.3 is 5.97 Å². The molecule has 0 aromatic rings. The average Bonchev–Trinajstić information content (AvgIpc) is 2.73. The molecule has 1 saturated heterocycles. The molecule has 0 aromatic carbocycles. The van der Waals surface area contributed by atoms with Crippen molar-refractivity contribution >= 4 is 16.0 Å². The molecular weight excluding hydrogens is 258 g/mol. The van der Waals surface area contributed by atoms with Gasteiger partial charge in [-0.2, -0.15) is 4.31 Å². The Hall–Kier alpha value is -0.660. The van der Waals surface area contributed by atoms with Gasteiger partial charge in [-0.1, -0.05) is 19.3 Å². The Morgan fingerprint density at radius 3 is 2.33 bits per heavy atom. The minimum absolute atomic E-state index is 0.0126. The SMILES string of the molecule is O=C(O)[C@@H]1C[C@H](O)CN1S(=O)(=O)C1CCCCC1. The number of aliphatic hydroxyl groups is 1. The van der Waals surface area contributed by atoms with Crippen molar-refractivity contribution in [3.63, 3.8) is 0 Å². The van der Waals surface area contributed by atoms with E-state index in [2.05, 4.69) is 0 Å². The molecule has 1 saturated carbocycles. The highest BCUT2D eigenvalue weighted by molar-refractivity contribution is 7.89. The molecule has 0 bridgehead atoms. The quantitative estimate of drug-likeness (QED) is 0.766. The highest BCUT2D eigenvalue weighted by Gasteiger charge is 2.45. The van der Waals surface area contributed by atoms with E-state index in [4.69, 9.17) is 5.11 Å². The number of aliphatic carboxylic acids is 1. The summed E-state index contributed by atoms with van der Waals surface area (Å²) < 4.78 is 25.8. The number of sulfonamides is 1. The van der Waals surface area contributed by atoms with Crippen LogP contribution < -0.4 is 0 Å². The topological polar surface area (TPSA) is 94.9 Å². The van der Waals surface area contributed by atoms with Gasteiger partial charge in [-0.25, -0.2) is 8.42 Å². The number of carboxylic acids is 1. The molecule has 7 heteroatoms. The summed E-state index contributed by atoms with van der Waals surface area (Å²) in [4.78, 5) is 11.1. The fourth-order valence-corrected chi connectivity index (χ4v) is 5.07. The minimum Gasteiger partial charge on any atom is -0.480 e. The van der Waals surface area contributed by atoms with E-state index in [1.807, 2.05) is 0 Å². The molecule has 0 radical (unpaired) electrons. The molecule has 1 aliphatic heterocycles. The average molecular weight is 277 g/mol. The largest absolute Gasteiger partial charge is 0.480 e. The summed E-state index contributed by atoms with van der Waals surface area (Å²) in [6.45, 7) is -0.0875. The fourth-order valence-electron chi connectivity index (χ4n) is 2.84. The normalized spacial score (nSPS) is 31.6. The van der Waals surface area contributed by atoms with Crippen molar-refractivity contribution in [3.05, 3.63) is 0 Å². The van der Waals surface area contributed by atoms with Crippen LogP contribution in [0.3, 0.4) is 0 Å². The zero-order chi connectivity index (χ0) is 13.3. The Balaban J connectivity index is 2.20. The lowest BCUT2D eigenvalue weighted by Crippen LogP contribution is -2.45. The lowest BCUT2D eigenvalue weighted by Gasteiger charge is -2.28. The molecule has 2 N–H and O–H groups in total. The van der Waals surface area contributed by atoms with Gasteiger partial charge in [0, 0.05) is 13.0 Å². The maximum Gasteiger partial charge on any atom is 0.322 e. The highest BCUT2D eigenvalue weighted by atomic mass is 32.2. The summed E-state index contributed by atoms with van der Waals surface area (Å²) in [6.07, 6.45) is 3.10. The van der Waals surface area contributed by atoms with Crippen molar-refractivity contribution < 1.29 is 23.4 Å². The number of carbonyl (C=O) groups is 1. The first kappa shape index (κ1) is 13.8. The molecule has 18 heavy (non-hydrogen) atoms. The molecule has 0 spiro atoms. The number of rotatable bonds is 3. The van der Waals surface area contributed by atoms with Crippen LogP contribution in [0.4, 0.5) is 0 Å². The molecule has 1 heterocycles. The van der Waals surface area contributed by atoms with E-state index in [0.29, 0.717) is 12.8 Å². The van der Waals surface area contributed by atoms with Crippen LogP contribution in [0.25, 0.3) is 0 Å². The third kappa shape index (κ3) is 2.53. The number of β-amino-alcohol motifs (C(OH)–C–C–N with tert-alkyl or cyclic N) is 1. The second-order valence-corrected chi connectivity index (χ2v) is 7.28. The van der Waals surface area contributed by atoms with E-state index in [1.165, 1.54) is 0 Å². The van der Waals surface area contributed by atoms with E-state index in [0.717, 1.165) is 23.6 Å². The number of aliphatic hydroxyl groups excluding tert-OH is 1. The molecule has 2 fully saturated rings. The Kier molecular flexibility index (Phi) is 3.93. The van der Waals surface area contributed by atoms with E-state index in [1.54, 1.807) is 0 Å². The number of nitrogens with zero attached hydrogens (tertiary/aromatic N) is 1. The molecule has 2 atom stereocenters. The van der Waals surface area contributed by atoms with Gasteiger partial charge in [-0.15, -0.1) is 0 Å². The summed E-state index contributed by atoms with van der Waals surface area (Å²) in [5.41, 5.74) is 0. The molecular formula is C11H19NO5S. The monoisotopic (exact) mass is 277 g/mol. The first-order valence-electron chi connectivity index (χ1n) is 6.34. The molecule has 104 valence electrons. The summed E-state index contributed by atoms with van der Waals surface area (Å²) in [7, 11) is -3.60. The molecule has 0 amide bonds. The lowest BCUT2D eigenvalue weighted by atomic mass is 10.0. The van der Waals surface area contributed by atoms with E-state index in [-0.39, 0.29) is 13.0 Å². The molecule has 2 aliphatic rings. The van der Waals surface area contributed by atoms with Crippen molar-refractivity contribution in [3.8, 4) is 0 Å². The zero-order valence-electron chi connectivity index (χ0n) is 10.2. The Morgan fingerprint density at radius 1 is 1.17 bits per heavy atom. The van der Waals surface area contributed by atoms with Crippen LogP contribution in [0, 0.1) is 0 Å². The van der Waals surface area contributed by atoms with Crippen LogP contribution in [0.1, 0.15) is 38.5 Å². The second kappa shape index (κ2) is 5.14. The maximum absolute atomic E-state index is 12.4. The summed E-state index contributed by atoms with van der Waals surface area (Å²) >= 11 is 0. The van der Waals surface area contributed by atoms with Crippen molar-refractivity contribution in [2.45, 2.75) is 55.9 Å². The predicted octanol–water partition coefficient (Wildman–Crippen LogP) is 0.169. The minimum atomic E-state index is -3.60. The number of hydrogen-bond donors (Lipinski definition) is 2. The Morgan fingerprint density at radius 2 is 1.78 bits per heavy atom. The van der Waals surface area contributed by atoms with E-state index >= 15 is 0 Å². The van der Waals surface area contributed by atoms with Crippen molar-refractivity contribution in [2.24, 2.45) is 0 Å². The maximum atomic E-state index is 12.4. The first-order chi connectivity index (χ1) is 8.43. The number of hydrogen-bond acceptors (Lipinski definition) is 4. The third-order valence-corrected chi connectivity index (χ3v) is 6.19. The van der Waals surface area contributed by atoms with Gasteiger partial charge in [0.1, 0.15) is 6.04 Å². The molecule has 1 aliphatic carbocycles. The number of carboxylic acid groups (broad SMARTS) is 1. The summed E-state index contributed by atoms with van der Waals surface area (Å²) in [6, 6.07) is -1.10. The van der Waals surface area contributed by atoms with Gasteiger partial charge in [-0.05, 0) is 12.8 Å².